The Kier molecular flexibility index (Phi) is 1.54. The van der Waals surface area contributed by atoms with Crippen LogP contribution < -0.4 is 0 Å². The molecule has 0 nitrogen and oxygen atoms in total. The van der Waals surface area contributed by atoms with Gasteiger partial charge >= 0.3 is 0 Å². The van der Waals surface area contributed by atoms with Crippen LogP contribution >= 0.6 is 11.8 Å². The standard InChI is InChI=1S/C8H12S/c1-2-4-7-6-9-8(7)5-3-1/h6,8H,1-5H2. The summed E-state index contributed by atoms with van der Waals surface area (Å²) in [6.45, 7) is 0. The first-order valence-electron chi connectivity index (χ1n) is 3.81. The summed E-state index contributed by atoms with van der Waals surface area (Å²) in [5.41, 5.74) is 1.75. The molecule has 1 heteroatoms. The summed E-state index contributed by atoms with van der Waals surface area (Å²) in [5.74, 6) is 0. The zero-order valence-electron chi connectivity index (χ0n) is 5.60. The normalized spacial score (nSPS) is 33.8. The summed E-state index contributed by atoms with van der Waals surface area (Å²) in [7, 11) is 0. The van der Waals surface area contributed by atoms with E-state index in [9.17, 15) is 0 Å². The summed E-state index contributed by atoms with van der Waals surface area (Å²) >= 11 is 2.04. The molecule has 0 aromatic rings. The molecule has 0 radical (unpaired) electrons. The highest BCUT2D eigenvalue weighted by Gasteiger charge is 2.22. The van der Waals surface area contributed by atoms with Gasteiger partial charge in [0.1, 0.15) is 0 Å². The van der Waals surface area contributed by atoms with Crippen molar-refractivity contribution in [2.75, 3.05) is 0 Å². The third-order valence-corrected chi connectivity index (χ3v) is 3.53. The van der Waals surface area contributed by atoms with Crippen LogP contribution in [0.2, 0.25) is 0 Å². The van der Waals surface area contributed by atoms with Gasteiger partial charge in [0.25, 0.3) is 0 Å². The van der Waals surface area contributed by atoms with Gasteiger partial charge in [-0.2, -0.15) is 0 Å². The van der Waals surface area contributed by atoms with E-state index in [0.29, 0.717) is 0 Å². The summed E-state index contributed by atoms with van der Waals surface area (Å²) in [5, 5.41) is 3.31. The predicted molar refractivity (Wildman–Crippen MR) is 42.5 cm³/mol. The molecule has 0 amide bonds. The van der Waals surface area contributed by atoms with E-state index in [1.165, 1.54) is 32.1 Å². The summed E-state index contributed by atoms with van der Waals surface area (Å²) in [6, 6.07) is 0. The zero-order valence-corrected chi connectivity index (χ0v) is 6.41. The largest absolute Gasteiger partial charge is 0.126 e. The minimum Gasteiger partial charge on any atom is -0.126 e. The second-order valence-electron chi connectivity index (χ2n) is 2.92. The van der Waals surface area contributed by atoms with E-state index in [4.69, 9.17) is 0 Å². The zero-order chi connectivity index (χ0) is 6.10. The third kappa shape index (κ3) is 1.03. The van der Waals surface area contributed by atoms with Crippen LogP contribution in [0.25, 0.3) is 0 Å². The molecule has 9 heavy (non-hydrogen) atoms. The average molecular weight is 140 g/mol. The lowest BCUT2D eigenvalue weighted by atomic mass is 10.1. The molecule has 2 aliphatic rings. The molecule has 1 aliphatic heterocycles. The van der Waals surface area contributed by atoms with Crippen molar-refractivity contribution in [1.82, 2.24) is 0 Å². The lowest BCUT2D eigenvalue weighted by Crippen LogP contribution is -2.10. The van der Waals surface area contributed by atoms with Gasteiger partial charge in [-0.3, -0.25) is 0 Å². The Labute approximate surface area is 60.7 Å². The van der Waals surface area contributed by atoms with Gasteiger partial charge in [-0.15, -0.1) is 11.8 Å². The Bertz CT molecular complexity index is 138. The van der Waals surface area contributed by atoms with E-state index in [-0.39, 0.29) is 0 Å². The molecule has 0 saturated heterocycles. The van der Waals surface area contributed by atoms with E-state index >= 15 is 0 Å². The lowest BCUT2D eigenvalue weighted by molar-refractivity contribution is 0.706. The van der Waals surface area contributed by atoms with Crippen molar-refractivity contribution in [1.29, 1.82) is 0 Å². The second kappa shape index (κ2) is 2.37. The Morgan fingerprint density at radius 3 is 3.11 bits per heavy atom. The Morgan fingerprint density at radius 1 is 1.33 bits per heavy atom. The number of fused-ring (bicyclic) bond motifs is 1. The van der Waals surface area contributed by atoms with Gasteiger partial charge in [0, 0.05) is 5.25 Å². The van der Waals surface area contributed by atoms with E-state index in [1.54, 1.807) is 5.57 Å². The summed E-state index contributed by atoms with van der Waals surface area (Å²) in [6.07, 6.45) is 7.24. The first-order chi connectivity index (χ1) is 4.47. The van der Waals surface area contributed by atoms with Crippen molar-refractivity contribution in [2.24, 2.45) is 0 Å². The molecule has 50 valence electrons. The van der Waals surface area contributed by atoms with E-state index in [2.05, 4.69) is 5.41 Å². The van der Waals surface area contributed by atoms with E-state index in [0.717, 1.165) is 5.25 Å². The molecule has 0 spiro atoms. The van der Waals surface area contributed by atoms with Crippen molar-refractivity contribution in [3.63, 3.8) is 0 Å². The minimum atomic E-state index is 0.951. The third-order valence-electron chi connectivity index (χ3n) is 2.23. The van der Waals surface area contributed by atoms with Crippen molar-refractivity contribution in [3.8, 4) is 0 Å². The molecule has 1 heterocycles. The van der Waals surface area contributed by atoms with Crippen molar-refractivity contribution >= 4 is 11.8 Å². The van der Waals surface area contributed by atoms with Crippen molar-refractivity contribution in [2.45, 2.75) is 37.4 Å². The van der Waals surface area contributed by atoms with Crippen LogP contribution in [0.3, 0.4) is 0 Å². The van der Waals surface area contributed by atoms with Gasteiger partial charge < -0.3 is 0 Å². The van der Waals surface area contributed by atoms with Gasteiger partial charge in [0.05, 0.1) is 0 Å². The number of rotatable bonds is 0. The van der Waals surface area contributed by atoms with Gasteiger partial charge in [-0.25, -0.2) is 0 Å². The van der Waals surface area contributed by atoms with Crippen LogP contribution in [-0.2, 0) is 0 Å². The van der Waals surface area contributed by atoms with Crippen LogP contribution in [-0.4, -0.2) is 5.25 Å². The number of thioether (sulfide) groups is 1. The molecule has 0 aromatic carbocycles. The van der Waals surface area contributed by atoms with Crippen LogP contribution in [0.15, 0.2) is 11.0 Å². The van der Waals surface area contributed by atoms with Crippen molar-refractivity contribution < 1.29 is 0 Å². The molecular weight excluding hydrogens is 128 g/mol. The highest BCUT2D eigenvalue weighted by Crippen LogP contribution is 2.41. The fourth-order valence-corrected chi connectivity index (χ4v) is 2.63. The minimum absolute atomic E-state index is 0.951. The fraction of sp³-hybridized carbons (Fsp3) is 0.750. The van der Waals surface area contributed by atoms with Gasteiger partial charge in [-0.1, -0.05) is 18.4 Å². The fourth-order valence-electron chi connectivity index (χ4n) is 1.57. The molecule has 1 atom stereocenters. The van der Waals surface area contributed by atoms with Crippen LogP contribution in [0.5, 0.6) is 0 Å². The van der Waals surface area contributed by atoms with Gasteiger partial charge in [-0.05, 0) is 24.7 Å². The SMILES string of the molecule is C1=C2CCCCCC2S1. The molecule has 1 unspecified atom stereocenters. The highest BCUT2D eigenvalue weighted by molar-refractivity contribution is 8.04. The maximum atomic E-state index is 2.36. The van der Waals surface area contributed by atoms with Gasteiger partial charge in [0.15, 0.2) is 0 Å². The second-order valence-corrected chi connectivity index (χ2v) is 3.99. The molecule has 1 aliphatic carbocycles. The highest BCUT2D eigenvalue weighted by atomic mass is 32.2. The first-order valence-corrected chi connectivity index (χ1v) is 4.75. The first kappa shape index (κ1) is 5.84. The Hall–Kier alpha value is 0.0900. The van der Waals surface area contributed by atoms with Crippen LogP contribution in [0.4, 0.5) is 0 Å². The Balaban J connectivity index is 2.03. The van der Waals surface area contributed by atoms with Gasteiger partial charge in [0.2, 0.25) is 0 Å². The number of hydrogen-bond acceptors (Lipinski definition) is 1. The molecule has 0 aromatic heterocycles. The molecule has 0 N–H and O–H groups in total. The van der Waals surface area contributed by atoms with Crippen LogP contribution in [0.1, 0.15) is 32.1 Å². The maximum absolute atomic E-state index is 2.36. The maximum Gasteiger partial charge on any atom is 0.0305 e. The molecule has 1 fully saturated rings. The van der Waals surface area contributed by atoms with Crippen molar-refractivity contribution in [3.05, 3.63) is 11.0 Å². The molecule has 2 rings (SSSR count). The predicted octanol–water partition coefficient (Wildman–Crippen LogP) is 2.95. The molecular formula is C8H12S. The smallest absolute Gasteiger partial charge is 0.0305 e. The average Bonchev–Trinajstić information content (AvgIpc) is 1.94. The van der Waals surface area contributed by atoms with Crippen LogP contribution in [0, 0.1) is 0 Å². The molecule has 0 bridgehead atoms. The summed E-state index contributed by atoms with van der Waals surface area (Å²) < 4.78 is 0. The summed E-state index contributed by atoms with van der Waals surface area (Å²) in [4.78, 5) is 0. The van der Waals surface area contributed by atoms with E-state index in [1.807, 2.05) is 11.8 Å². The van der Waals surface area contributed by atoms with E-state index < -0.39 is 0 Å². The molecule has 1 saturated carbocycles. The number of hydrogen-bond donors (Lipinski definition) is 0. The monoisotopic (exact) mass is 140 g/mol. The Morgan fingerprint density at radius 2 is 2.33 bits per heavy atom. The quantitative estimate of drug-likeness (QED) is 0.498. The topological polar surface area (TPSA) is 0 Å². The lowest BCUT2D eigenvalue weighted by Gasteiger charge is -2.23.